The zero-order valence-corrected chi connectivity index (χ0v) is 14.7. The van der Waals surface area contributed by atoms with E-state index in [2.05, 4.69) is 0 Å². The normalized spacial score (nSPS) is 8.29. The number of hydrogen-bond donors (Lipinski definition) is 0. The van der Waals surface area contributed by atoms with Gasteiger partial charge in [0.2, 0.25) is 0 Å². The first kappa shape index (κ1) is 56.8. The van der Waals surface area contributed by atoms with Gasteiger partial charge in [0.25, 0.3) is 0 Å². The van der Waals surface area contributed by atoms with Crippen LogP contribution in [0.5, 0.6) is 0 Å². The molecule has 21 heavy (non-hydrogen) atoms. The maximum absolute atomic E-state index is 8.52. The molecule has 0 aromatic carbocycles. The van der Waals surface area contributed by atoms with Gasteiger partial charge in [-0.3, -0.25) is 25.3 Å². The van der Waals surface area contributed by atoms with Crippen molar-refractivity contribution in [3.8, 4) is 0 Å². The molecule has 0 amide bonds. The minimum Gasteiger partial charge on any atom is -0.759 e. The van der Waals surface area contributed by atoms with Gasteiger partial charge in [0.15, 0.2) is 0 Å². The molecule has 0 heterocycles. The summed E-state index contributed by atoms with van der Waals surface area (Å²) in [7, 11) is -15.5. The van der Waals surface area contributed by atoms with Crippen LogP contribution in [0, 0.1) is 73.7 Å². The molecule has 0 spiro atoms. The van der Waals surface area contributed by atoms with Crippen LogP contribution in [0.1, 0.15) is 0 Å². The third-order valence-electron chi connectivity index (χ3n) is 0. The molecule has 0 aromatic heterocycles. The first-order valence-electron chi connectivity index (χ1n) is 2.00. The second-order valence-corrected chi connectivity index (χ2v) is 3.67. The maximum atomic E-state index is 8.52. The van der Waals surface area contributed by atoms with Gasteiger partial charge >= 0.3 is 73.7 Å². The summed E-state index contributed by atoms with van der Waals surface area (Å²) in [5.41, 5.74) is 0. The van der Waals surface area contributed by atoms with E-state index in [9.17, 15) is 0 Å². The molecule has 0 atom stereocenters. The first-order chi connectivity index (χ1) is 6.00. The standard InChI is InChI=1S/3H2O4S.4H2O.2Tm/c3*1-5(2,3)4;;;;;;/h3*(H2,1,2,3,4);4*1H2;;/q;;;;;;;2*+3/p-6. The van der Waals surface area contributed by atoms with Gasteiger partial charge in [-0.25, -0.2) is 0 Å². The van der Waals surface area contributed by atoms with Crippen molar-refractivity contribution in [3.05, 3.63) is 0 Å². The summed E-state index contributed by atoms with van der Waals surface area (Å²) < 4.78 is 102. The Balaban J connectivity index is -0.0000000129. The predicted molar refractivity (Wildman–Crippen MR) is 45.9 cm³/mol. The van der Waals surface area contributed by atoms with Gasteiger partial charge in [0.1, 0.15) is 0 Å². The molecule has 0 aliphatic rings. The van der Waals surface area contributed by atoms with E-state index < -0.39 is 31.2 Å². The molecule has 0 aromatic rings. The second kappa shape index (κ2) is 24.2. The predicted octanol–water partition coefficient (Wildman–Crippen LogP) is -7.31. The van der Waals surface area contributed by atoms with E-state index >= 15 is 0 Å². The van der Waals surface area contributed by atoms with Crippen LogP contribution < -0.4 is 0 Å². The number of hydrogen-bond acceptors (Lipinski definition) is 12. The monoisotopic (exact) mass is 698 g/mol. The summed E-state index contributed by atoms with van der Waals surface area (Å²) in [6.07, 6.45) is 0. The quantitative estimate of drug-likeness (QED) is 0.168. The van der Waals surface area contributed by atoms with Crippen LogP contribution in [-0.2, 0) is 31.2 Å². The molecule has 0 saturated carbocycles. The molecule has 8 N–H and O–H groups in total. The van der Waals surface area contributed by atoms with Gasteiger partial charge in [-0.1, -0.05) is 0 Å². The second-order valence-electron chi connectivity index (χ2n) is 1.22. The van der Waals surface area contributed by atoms with Crippen molar-refractivity contribution in [3.63, 3.8) is 0 Å². The fraction of sp³-hybridized carbons (Fsp3) is 0. The minimum atomic E-state index is -5.17. The molecule has 0 aliphatic carbocycles. The molecule has 0 bridgehead atoms. The van der Waals surface area contributed by atoms with E-state index in [4.69, 9.17) is 52.6 Å². The molecular weight excluding hydrogens is 690 g/mol. The Kier molecular flexibility index (Phi) is 65.4. The Labute approximate surface area is 177 Å². The average molecular weight is 698 g/mol. The SMILES string of the molecule is O.O.O.O.O=S(=O)([O-])[O-].O=S(=O)([O-])[O-].O=S(=O)([O-])[O-].[Tm+3].[Tm+3]. The van der Waals surface area contributed by atoms with Crippen molar-refractivity contribution in [2.45, 2.75) is 0 Å². The van der Waals surface area contributed by atoms with Crippen LogP contribution in [0.4, 0.5) is 0 Å². The van der Waals surface area contributed by atoms with Gasteiger partial charge in [0, 0.05) is 31.2 Å². The van der Waals surface area contributed by atoms with E-state index in [1.807, 2.05) is 0 Å². The molecule has 0 saturated heterocycles. The van der Waals surface area contributed by atoms with Crippen molar-refractivity contribution in [1.29, 1.82) is 0 Å². The largest absolute Gasteiger partial charge is 3.00 e. The summed E-state index contributed by atoms with van der Waals surface area (Å²) in [5.74, 6) is 0. The molecule has 0 fully saturated rings. The minimum absolute atomic E-state index is 0. The van der Waals surface area contributed by atoms with Gasteiger partial charge in [-0.2, -0.15) is 0 Å². The van der Waals surface area contributed by atoms with E-state index in [0.717, 1.165) is 0 Å². The van der Waals surface area contributed by atoms with Crippen molar-refractivity contribution in [1.82, 2.24) is 0 Å². The smallest absolute Gasteiger partial charge is 0.759 e. The van der Waals surface area contributed by atoms with Crippen LogP contribution in [-0.4, -0.2) is 74.5 Å². The van der Waals surface area contributed by atoms with Crippen LogP contribution >= 0.6 is 0 Å². The zero-order chi connectivity index (χ0) is 13.5. The maximum Gasteiger partial charge on any atom is 3.00 e. The van der Waals surface area contributed by atoms with Gasteiger partial charge in [-0.15, -0.1) is 0 Å². The Morgan fingerprint density at radius 2 is 0.381 bits per heavy atom. The van der Waals surface area contributed by atoms with Crippen molar-refractivity contribution in [2.24, 2.45) is 0 Å². The summed E-state index contributed by atoms with van der Waals surface area (Å²) in [5, 5.41) is 0. The van der Waals surface area contributed by atoms with E-state index in [1.165, 1.54) is 0 Å². The van der Waals surface area contributed by atoms with Crippen molar-refractivity contribution < 1.29 is 148 Å². The molecule has 148 valence electrons. The third-order valence-corrected chi connectivity index (χ3v) is 0. The van der Waals surface area contributed by atoms with E-state index in [1.54, 1.807) is 0 Å². The number of rotatable bonds is 0. The average Bonchev–Trinajstić information content (AvgIpc) is 1.41. The topological polar surface area (TPSA) is 367 Å². The van der Waals surface area contributed by atoms with Crippen LogP contribution in [0.2, 0.25) is 0 Å². The van der Waals surface area contributed by atoms with Crippen LogP contribution in [0.25, 0.3) is 0 Å². The Morgan fingerprint density at radius 1 is 0.381 bits per heavy atom. The van der Waals surface area contributed by atoms with Crippen LogP contribution in [0.3, 0.4) is 0 Å². The summed E-state index contributed by atoms with van der Waals surface area (Å²) in [6.45, 7) is 0. The molecule has 0 unspecified atom stereocenters. The summed E-state index contributed by atoms with van der Waals surface area (Å²) in [6, 6.07) is 0. The molecule has 0 radical (unpaired) electrons. The van der Waals surface area contributed by atoms with Gasteiger partial charge < -0.3 is 49.2 Å². The zero-order valence-electron chi connectivity index (χ0n) is 8.68. The Hall–Kier alpha value is 1.92. The van der Waals surface area contributed by atoms with E-state index in [-0.39, 0.29) is 95.7 Å². The first-order valence-corrected chi connectivity index (χ1v) is 6.00. The van der Waals surface area contributed by atoms with Crippen molar-refractivity contribution >= 4 is 31.2 Å². The molecular formula is H8O16S3Tm2. The fourth-order valence-electron chi connectivity index (χ4n) is 0. The molecule has 0 rings (SSSR count). The Bertz CT molecular complexity index is 342. The van der Waals surface area contributed by atoms with Crippen molar-refractivity contribution in [2.75, 3.05) is 0 Å². The molecule has 0 aliphatic heterocycles. The molecule has 16 nitrogen and oxygen atoms in total. The van der Waals surface area contributed by atoms with Crippen LogP contribution in [0.15, 0.2) is 0 Å². The third kappa shape index (κ3) is 2360. The summed E-state index contributed by atoms with van der Waals surface area (Å²) in [4.78, 5) is 0. The molecule has 21 heteroatoms. The summed E-state index contributed by atoms with van der Waals surface area (Å²) >= 11 is 0. The fourth-order valence-corrected chi connectivity index (χ4v) is 0. The Morgan fingerprint density at radius 3 is 0.381 bits per heavy atom. The van der Waals surface area contributed by atoms with Gasteiger partial charge in [0.05, 0.1) is 0 Å². The van der Waals surface area contributed by atoms with Gasteiger partial charge in [-0.05, 0) is 0 Å². The van der Waals surface area contributed by atoms with E-state index in [0.29, 0.717) is 0 Å².